The molecule has 0 unspecified atom stereocenters. The Morgan fingerprint density at radius 2 is 1.83 bits per heavy atom. The second-order valence-electron chi connectivity index (χ2n) is 6.27. The first kappa shape index (κ1) is 16.2. The van der Waals surface area contributed by atoms with Crippen molar-refractivity contribution in [2.45, 2.75) is 26.8 Å². The average Bonchev–Trinajstić information content (AvgIpc) is 2.82. The Balaban J connectivity index is 1.99. The molecular formula is C19H19FN2O2. The lowest BCUT2D eigenvalue weighted by Gasteiger charge is -2.20. The highest BCUT2D eigenvalue weighted by Crippen LogP contribution is 2.29. The molecule has 3 amide bonds. The van der Waals surface area contributed by atoms with Crippen molar-refractivity contribution in [1.29, 1.82) is 0 Å². The molecule has 3 rings (SSSR count). The molecule has 1 fully saturated rings. The van der Waals surface area contributed by atoms with Crippen molar-refractivity contribution < 1.29 is 14.0 Å². The largest absolute Gasteiger partial charge is 0.332 e. The van der Waals surface area contributed by atoms with Gasteiger partial charge in [0.15, 0.2) is 0 Å². The molecule has 2 aromatic carbocycles. The fourth-order valence-electron chi connectivity index (χ4n) is 2.84. The summed E-state index contributed by atoms with van der Waals surface area (Å²) in [6, 6.07) is 11.5. The summed E-state index contributed by atoms with van der Waals surface area (Å²) >= 11 is 0. The minimum absolute atomic E-state index is 0.0517. The van der Waals surface area contributed by atoms with Crippen LogP contribution in [0.4, 0.5) is 14.9 Å². The Morgan fingerprint density at radius 1 is 1.08 bits per heavy atom. The molecule has 1 aliphatic rings. The number of anilines is 1. The number of carbonyl (C=O) groups is 2. The summed E-state index contributed by atoms with van der Waals surface area (Å²) in [6.45, 7) is 5.63. The van der Waals surface area contributed by atoms with E-state index in [9.17, 15) is 14.0 Å². The zero-order valence-electron chi connectivity index (χ0n) is 13.9. The van der Waals surface area contributed by atoms with E-state index in [2.05, 4.69) is 0 Å². The molecule has 124 valence electrons. The summed E-state index contributed by atoms with van der Waals surface area (Å²) in [5.41, 5.74) is 2.38. The lowest BCUT2D eigenvalue weighted by Crippen LogP contribution is -2.36. The molecule has 24 heavy (non-hydrogen) atoms. The number of amides is 3. The fourth-order valence-corrected chi connectivity index (χ4v) is 2.84. The van der Waals surface area contributed by atoms with E-state index in [1.165, 1.54) is 11.0 Å². The van der Waals surface area contributed by atoms with E-state index in [0.29, 0.717) is 16.8 Å². The van der Waals surface area contributed by atoms with Crippen LogP contribution in [0.2, 0.25) is 0 Å². The summed E-state index contributed by atoms with van der Waals surface area (Å²) in [6.07, 6.45) is 0. The minimum atomic E-state index is -0.337. The normalized spacial score (nSPS) is 14.9. The maximum atomic E-state index is 14.2. The third kappa shape index (κ3) is 2.77. The van der Waals surface area contributed by atoms with Crippen molar-refractivity contribution in [2.24, 2.45) is 0 Å². The maximum absolute atomic E-state index is 14.2. The van der Waals surface area contributed by atoms with Crippen LogP contribution in [0.15, 0.2) is 42.5 Å². The number of urea groups is 1. The molecule has 1 aliphatic heterocycles. The standard InChI is InChI=1S/C19H19FN2O2/c1-12(2)21-11-18(23)22(19(21)24)15-6-4-5-14(10-15)16-8-7-13(3)9-17(16)20/h4-10,12H,11H2,1-3H3. The monoisotopic (exact) mass is 326 g/mol. The molecule has 0 radical (unpaired) electrons. The van der Waals surface area contributed by atoms with E-state index in [1.807, 2.05) is 26.8 Å². The van der Waals surface area contributed by atoms with E-state index in [4.69, 9.17) is 0 Å². The van der Waals surface area contributed by atoms with Gasteiger partial charge in [0.1, 0.15) is 12.4 Å². The molecule has 0 bridgehead atoms. The highest BCUT2D eigenvalue weighted by Gasteiger charge is 2.38. The predicted molar refractivity (Wildman–Crippen MR) is 91.3 cm³/mol. The number of halogens is 1. The van der Waals surface area contributed by atoms with Gasteiger partial charge in [-0.1, -0.05) is 24.3 Å². The number of benzene rings is 2. The highest BCUT2D eigenvalue weighted by molar-refractivity contribution is 6.20. The van der Waals surface area contributed by atoms with Gasteiger partial charge in [0.05, 0.1) is 5.69 Å². The first-order valence-electron chi connectivity index (χ1n) is 7.88. The first-order valence-corrected chi connectivity index (χ1v) is 7.88. The number of rotatable bonds is 3. The number of hydrogen-bond donors (Lipinski definition) is 0. The molecule has 2 aromatic rings. The van der Waals surface area contributed by atoms with Crippen LogP contribution in [0.1, 0.15) is 19.4 Å². The molecule has 5 heteroatoms. The van der Waals surface area contributed by atoms with Crippen LogP contribution in [-0.4, -0.2) is 29.4 Å². The van der Waals surface area contributed by atoms with Gasteiger partial charge in [-0.3, -0.25) is 4.79 Å². The van der Waals surface area contributed by atoms with Gasteiger partial charge in [-0.15, -0.1) is 0 Å². The van der Waals surface area contributed by atoms with Crippen molar-refractivity contribution in [3.63, 3.8) is 0 Å². The Morgan fingerprint density at radius 3 is 2.46 bits per heavy atom. The number of nitrogens with zero attached hydrogens (tertiary/aromatic N) is 2. The molecule has 0 atom stereocenters. The van der Waals surface area contributed by atoms with Gasteiger partial charge in [0, 0.05) is 11.6 Å². The lowest BCUT2D eigenvalue weighted by atomic mass is 10.0. The number of imide groups is 1. The summed E-state index contributed by atoms with van der Waals surface area (Å²) in [5.74, 6) is -0.592. The molecule has 0 aliphatic carbocycles. The van der Waals surface area contributed by atoms with Gasteiger partial charge >= 0.3 is 6.03 Å². The molecule has 1 heterocycles. The van der Waals surface area contributed by atoms with Gasteiger partial charge in [-0.2, -0.15) is 0 Å². The van der Waals surface area contributed by atoms with Crippen LogP contribution >= 0.6 is 0 Å². The molecule has 0 N–H and O–H groups in total. The van der Waals surface area contributed by atoms with Gasteiger partial charge in [0.2, 0.25) is 0 Å². The summed E-state index contributed by atoms with van der Waals surface area (Å²) in [7, 11) is 0. The second-order valence-corrected chi connectivity index (χ2v) is 6.27. The zero-order chi connectivity index (χ0) is 17.4. The van der Waals surface area contributed by atoms with Crippen molar-refractivity contribution >= 4 is 17.6 Å². The number of aryl methyl sites for hydroxylation is 1. The number of hydrogen-bond acceptors (Lipinski definition) is 2. The second kappa shape index (κ2) is 6.07. The van der Waals surface area contributed by atoms with E-state index in [1.54, 1.807) is 30.3 Å². The zero-order valence-corrected chi connectivity index (χ0v) is 13.9. The molecule has 0 aromatic heterocycles. The maximum Gasteiger partial charge on any atom is 0.332 e. The van der Waals surface area contributed by atoms with Gasteiger partial charge in [-0.25, -0.2) is 14.1 Å². The topological polar surface area (TPSA) is 40.6 Å². The summed E-state index contributed by atoms with van der Waals surface area (Å²) < 4.78 is 14.2. The van der Waals surface area contributed by atoms with Crippen LogP contribution in [-0.2, 0) is 4.79 Å². The van der Waals surface area contributed by atoms with Crippen LogP contribution in [0.25, 0.3) is 11.1 Å². The fraction of sp³-hybridized carbons (Fsp3) is 0.263. The Labute approximate surface area is 140 Å². The van der Waals surface area contributed by atoms with Crippen molar-refractivity contribution in [2.75, 3.05) is 11.4 Å². The Hall–Kier alpha value is -2.69. The molecule has 4 nitrogen and oxygen atoms in total. The van der Waals surface area contributed by atoms with Crippen molar-refractivity contribution in [3.8, 4) is 11.1 Å². The third-order valence-electron chi connectivity index (χ3n) is 4.16. The van der Waals surface area contributed by atoms with Crippen molar-refractivity contribution in [1.82, 2.24) is 4.90 Å². The Bertz CT molecular complexity index is 817. The van der Waals surface area contributed by atoms with E-state index in [0.717, 1.165) is 10.5 Å². The molecule has 1 saturated heterocycles. The van der Waals surface area contributed by atoms with E-state index < -0.39 is 0 Å². The van der Waals surface area contributed by atoms with Crippen molar-refractivity contribution in [3.05, 3.63) is 53.8 Å². The minimum Gasteiger partial charge on any atom is -0.312 e. The van der Waals surface area contributed by atoms with Crippen LogP contribution in [0.5, 0.6) is 0 Å². The first-order chi connectivity index (χ1) is 11.4. The van der Waals surface area contributed by atoms with Gasteiger partial charge in [0.25, 0.3) is 5.91 Å². The molecule has 0 spiro atoms. The van der Waals surface area contributed by atoms with Gasteiger partial charge < -0.3 is 4.90 Å². The smallest absolute Gasteiger partial charge is 0.312 e. The Kier molecular flexibility index (Phi) is 4.09. The predicted octanol–water partition coefficient (Wildman–Crippen LogP) is 3.98. The lowest BCUT2D eigenvalue weighted by molar-refractivity contribution is -0.116. The number of carbonyl (C=O) groups excluding carboxylic acids is 2. The molecular weight excluding hydrogens is 307 g/mol. The van der Waals surface area contributed by atoms with Crippen LogP contribution in [0, 0.1) is 12.7 Å². The van der Waals surface area contributed by atoms with Crippen LogP contribution in [0.3, 0.4) is 0 Å². The van der Waals surface area contributed by atoms with E-state index in [-0.39, 0.29) is 30.3 Å². The SMILES string of the molecule is Cc1ccc(-c2cccc(N3C(=O)CN(C(C)C)C3=O)c2)c(F)c1. The average molecular weight is 326 g/mol. The summed E-state index contributed by atoms with van der Waals surface area (Å²) in [5, 5.41) is 0. The van der Waals surface area contributed by atoms with Gasteiger partial charge in [-0.05, 0) is 50.1 Å². The molecule has 0 saturated carbocycles. The third-order valence-corrected chi connectivity index (χ3v) is 4.16. The quantitative estimate of drug-likeness (QED) is 0.801. The van der Waals surface area contributed by atoms with E-state index >= 15 is 0 Å². The van der Waals surface area contributed by atoms with Crippen LogP contribution < -0.4 is 4.90 Å². The highest BCUT2D eigenvalue weighted by atomic mass is 19.1. The summed E-state index contributed by atoms with van der Waals surface area (Å²) in [4.78, 5) is 27.4.